The van der Waals surface area contributed by atoms with Crippen molar-refractivity contribution in [3.8, 4) is 45.6 Å². The van der Waals surface area contributed by atoms with E-state index < -0.39 is 0 Å². The molecule has 0 saturated heterocycles. The molecule has 68 heavy (non-hydrogen) atoms. The molecule has 7 heteroatoms. The number of hydrogen-bond donors (Lipinski definition) is 0. The van der Waals surface area contributed by atoms with Crippen molar-refractivity contribution in [1.29, 1.82) is 5.26 Å². The Morgan fingerprint density at radius 3 is 1.93 bits per heavy atom. The molecule has 1 aliphatic rings. The number of nitrogens with zero attached hydrogens (tertiary/aromatic N) is 5. The first-order valence-electron chi connectivity index (χ1n) is 23.0. The maximum atomic E-state index is 9.74. The monoisotopic (exact) mass is 1070 g/mol. The van der Waals surface area contributed by atoms with Gasteiger partial charge in [-0.3, -0.25) is 0 Å². The van der Waals surface area contributed by atoms with E-state index in [-0.39, 0.29) is 37.3 Å². The van der Waals surface area contributed by atoms with Gasteiger partial charge < -0.3 is 19.1 Å². The normalized spacial score (nSPS) is 12.8. The van der Waals surface area contributed by atoms with Crippen molar-refractivity contribution in [2.75, 3.05) is 9.80 Å². The number of nitriles is 1. The van der Waals surface area contributed by atoms with Crippen LogP contribution >= 0.6 is 0 Å². The summed E-state index contributed by atoms with van der Waals surface area (Å²) in [6, 6.07) is 62.3. The predicted octanol–water partition coefficient (Wildman–Crippen LogP) is 16.1. The van der Waals surface area contributed by atoms with E-state index in [0.717, 1.165) is 78.2 Å². The Morgan fingerprint density at radius 1 is 0.588 bits per heavy atom. The summed E-state index contributed by atoms with van der Waals surface area (Å²) in [6.07, 6.45) is 1.95. The number of pyridine rings is 1. The van der Waals surface area contributed by atoms with E-state index in [0.29, 0.717) is 17.1 Å². The first-order chi connectivity index (χ1) is 32.0. The van der Waals surface area contributed by atoms with E-state index in [9.17, 15) is 5.26 Å². The van der Waals surface area contributed by atoms with Gasteiger partial charge in [0, 0.05) is 66.9 Å². The Morgan fingerprint density at radius 2 is 1.24 bits per heavy atom. The molecule has 0 unspecified atom stereocenters. The molecule has 3 heterocycles. The zero-order valence-electron chi connectivity index (χ0n) is 40.0. The first-order valence-corrected chi connectivity index (χ1v) is 23.0. The van der Waals surface area contributed by atoms with Gasteiger partial charge in [0.15, 0.2) is 0 Å². The Hall–Kier alpha value is -6.93. The van der Waals surface area contributed by atoms with Crippen molar-refractivity contribution in [1.82, 2.24) is 9.55 Å². The van der Waals surface area contributed by atoms with Gasteiger partial charge in [-0.15, -0.1) is 48.1 Å². The molecule has 7 aromatic carbocycles. The average Bonchev–Trinajstić information content (AvgIpc) is 3.87. The maximum absolute atomic E-state index is 9.74. The van der Waals surface area contributed by atoms with Gasteiger partial charge in [-0.25, -0.2) is 4.98 Å². The molecule has 0 atom stereocenters. The van der Waals surface area contributed by atoms with E-state index in [2.05, 4.69) is 205 Å². The van der Waals surface area contributed by atoms with Crippen LogP contribution in [0.2, 0.25) is 0 Å². The molecule has 0 amide bonds. The summed E-state index contributed by atoms with van der Waals surface area (Å²) in [5, 5.41) is 11.9. The van der Waals surface area contributed by atoms with Gasteiger partial charge in [-0.05, 0) is 104 Å². The van der Waals surface area contributed by atoms with Crippen LogP contribution < -0.4 is 14.5 Å². The Balaban J connectivity index is 0.00000578. The minimum absolute atomic E-state index is 0. The number of ether oxygens (including phenoxy) is 1. The summed E-state index contributed by atoms with van der Waals surface area (Å²) in [5.74, 6) is 1.91. The summed E-state index contributed by atoms with van der Waals surface area (Å²) in [5.41, 5.74) is 14.3. The topological polar surface area (TPSA) is 57.3 Å². The van der Waals surface area contributed by atoms with Crippen molar-refractivity contribution in [3.63, 3.8) is 0 Å². The van der Waals surface area contributed by atoms with Gasteiger partial charge in [0.1, 0.15) is 5.82 Å². The minimum atomic E-state index is -0.237. The van der Waals surface area contributed by atoms with Gasteiger partial charge >= 0.3 is 0 Å². The fourth-order valence-electron chi connectivity index (χ4n) is 9.18. The molecule has 0 radical (unpaired) electrons. The number of para-hydroxylation sites is 2. The zero-order valence-corrected chi connectivity index (χ0v) is 42.3. The fraction of sp³-hybridized carbons (Fsp3) is 0.197. The number of anilines is 4. The van der Waals surface area contributed by atoms with E-state index in [1.54, 1.807) is 0 Å². The Bertz CT molecular complexity index is 3370. The standard InChI is InChI=1S/C61H54N5O.Pt/c1-59(2,3)43-31-44(60(4,5)6)33-46(32-43)65-39-64(53-25-13-14-26-54(53)65)45-22-16-23-47(34-45)67-48-28-29-50-56(35-48)66(55-27-17-24-49(58(50)55)41-19-11-10-12-20-41)57-36-52(61(7,8)9)51(38-63-57)42-21-15-18-40(30-42)37-62;/h10-33,36,38-39H,1-9H3;/q-3;. The molecule has 0 saturated carbocycles. The number of benzene rings is 7. The van der Waals surface area contributed by atoms with E-state index in [4.69, 9.17) is 9.72 Å². The fourth-order valence-corrected chi connectivity index (χ4v) is 9.18. The SMILES string of the molecule is CC(C)(C)c1cc(N2[CH-]N(c3[c-]c(Oc4[c-]c5c(cc4)c4c(-c6ccccc6)cccc4n5-c4cc(C(C)(C)C)c(-c5cccc(C#N)c5)cn4)ccc3)c3ccccc32)cc(C(C)(C)C)c1.[Pt]. The predicted molar refractivity (Wildman–Crippen MR) is 276 cm³/mol. The number of hydrogen-bond acceptors (Lipinski definition) is 5. The van der Waals surface area contributed by atoms with Gasteiger partial charge in [0.2, 0.25) is 0 Å². The molecule has 9 aromatic rings. The first kappa shape index (κ1) is 46.2. The minimum Gasteiger partial charge on any atom is -0.509 e. The molecule has 10 rings (SSSR count). The quantitative estimate of drug-likeness (QED) is 0.149. The zero-order chi connectivity index (χ0) is 46.8. The van der Waals surface area contributed by atoms with Crippen molar-refractivity contribution >= 4 is 44.6 Å². The largest absolute Gasteiger partial charge is 0.509 e. The van der Waals surface area contributed by atoms with E-state index in [1.807, 2.05) is 54.7 Å². The van der Waals surface area contributed by atoms with Crippen LogP contribution in [0, 0.1) is 30.1 Å². The van der Waals surface area contributed by atoms with Crippen molar-refractivity contribution in [2.45, 2.75) is 78.6 Å². The van der Waals surface area contributed by atoms with Crippen molar-refractivity contribution in [2.24, 2.45) is 0 Å². The summed E-state index contributed by atoms with van der Waals surface area (Å²) >= 11 is 0. The Kier molecular flexibility index (Phi) is 12.0. The van der Waals surface area contributed by atoms with Gasteiger partial charge in [0.25, 0.3) is 0 Å². The van der Waals surface area contributed by atoms with E-state index >= 15 is 0 Å². The smallest absolute Gasteiger partial charge is 0.135 e. The number of fused-ring (bicyclic) bond motifs is 4. The van der Waals surface area contributed by atoms with Crippen molar-refractivity contribution < 1.29 is 25.8 Å². The second-order valence-corrected chi connectivity index (χ2v) is 20.6. The van der Waals surface area contributed by atoms with Gasteiger partial charge in [0.05, 0.1) is 11.6 Å². The third kappa shape index (κ3) is 8.61. The summed E-state index contributed by atoms with van der Waals surface area (Å²) < 4.78 is 8.95. The summed E-state index contributed by atoms with van der Waals surface area (Å²) in [4.78, 5) is 9.66. The molecule has 1 aliphatic heterocycles. The molecule has 2 aromatic heterocycles. The van der Waals surface area contributed by atoms with Crippen LogP contribution in [0.25, 0.3) is 49.9 Å². The van der Waals surface area contributed by atoms with Gasteiger partial charge in [-0.2, -0.15) is 17.4 Å². The van der Waals surface area contributed by atoms with Crippen LogP contribution in [0.4, 0.5) is 22.7 Å². The molecule has 0 aliphatic carbocycles. The van der Waals surface area contributed by atoms with Gasteiger partial charge in [-0.1, -0.05) is 141 Å². The molecule has 0 fully saturated rings. The molecule has 0 bridgehead atoms. The molecule has 0 spiro atoms. The molecule has 6 nitrogen and oxygen atoms in total. The summed E-state index contributed by atoms with van der Waals surface area (Å²) in [7, 11) is 0. The molecule has 0 N–H and O–H groups in total. The second kappa shape index (κ2) is 17.6. The van der Waals surface area contributed by atoms with Crippen LogP contribution in [0.3, 0.4) is 0 Å². The molecular formula is C61H54N5OPt-3. The van der Waals surface area contributed by atoms with Crippen LogP contribution in [-0.4, -0.2) is 9.55 Å². The van der Waals surface area contributed by atoms with Crippen LogP contribution in [0.15, 0.2) is 158 Å². The molecular weight excluding hydrogens is 1010 g/mol. The number of rotatable bonds is 7. The van der Waals surface area contributed by atoms with Crippen LogP contribution in [-0.2, 0) is 37.3 Å². The van der Waals surface area contributed by atoms with E-state index in [1.165, 1.54) is 11.1 Å². The summed E-state index contributed by atoms with van der Waals surface area (Å²) in [6.45, 7) is 22.5. The molecule has 342 valence electrons. The third-order valence-corrected chi connectivity index (χ3v) is 12.8. The third-order valence-electron chi connectivity index (χ3n) is 12.8. The van der Waals surface area contributed by atoms with Crippen molar-refractivity contribution in [3.05, 3.63) is 199 Å². The Labute approximate surface area is 415 Å². The maximum Gasteiger partial charge on any atom is 0.135 e. The van der Waals surface area contributed by atoms with Crippen LogP contribution in [0.1, 0.15) is 84.6 Å². The second-order valence-electron chi connectivity index (χ2n) is 20.6. The van der Waals surface area contributed by atoms with Crippen LogP contribution in [0.5, 0.6) is 11.5 Å². The average molecular weight is 1070 g/mol. The number of aromatic nitrogens is 2.